The number of benzene rings is 1. The largest absolute Gasteiger partial charge is 0.379 e. The van der Waals surface area contributed by atoms with E-state index in [0.29, 0.717) is 12.2 Å². The van der Waals surface area contributed by atoms with Crippen molar-refractivity contribution in [2.24, 2.45) is 16.9 Å². The van der Waals surface area contributed by atoms with Gasteiger partial charge < -0.3 is 16.2 Å². The maximum absolute atomic E-state index is 11.6. The fraction of sp³-hybridized carbons (Fsp3) is 0.533. The summed E-state index contributed by atoms with van der Waals surface area (Å²) in [4.78, 5) is 11.6. The lowest BCUT2D eigenvalue weighted by Gasteiger charge is -2.27. The van der Waals surface area contributed by atoms with Crippen molar-refractivity contribution in [3.05, 3.63) is 35.9 Å². The third kappa shape index (κ3) is 4.65. The Morgan fingerprint density at radius 3 is 2.26 bits per heavy atom. The monoisotopic (exact) mass is 264 g/mol. The Bertz CT molecular complexity index is 412. The predicted molar refractivity (Wildman–Crippen MR) is 76.4 cm³/mol. The van der Waals surface area contributed by atoms with E-state index in [-0.39, 0.29) is 12.0 Å². The van der Waals surface area contributed by atoms with Crippen LogP contribution >= 0.6 is 0 Å². The Hall–Kier alpha value is -1.39. The van der Waals surface area contributed by atoms with Gasteiger partial charge in [0.25, 0.3) is 0 Å². The van der Waals surface area contributed by atoms with Gasteiger partial charge in [-0.05, 0) is 17.4 Å². The van der Waals surface area contributed by atoms with Crippen molar-refractivity contribution in [1.82, 2.24) is 0 Å². The smallest absolute Gasteiger partial charge is 0.244 e. The maximum atomic E-state index is 11.6. The number of ether oxygens (including phenoxy) is 1. The molecular formula is C15H24N2O2. The van der Waals surface area contributed by atoms with Crippen LogP contribution in [0.3, 0.4) is 0 Å². The van der Waals surface area contributed by atoms with Gasteiger partial charge in [-0.2, -0.15) is 0 Å². The van der Waals surface area contributed by atoms with Crippen molar-refractivity contribution < 1.29 is 9.53 Å². The number of carbonyl (C=O) groups excluding carboxylic acids is 1. The van der Waals surface area contributed by atoms with Gasteiger partial charge in [-0.3, -0.25) is 4.79 Å². The van der Waals surface area contributed by atoms with E-state index in [1.54, 1.807) is 12.1 Å². The van der Waals surface area contributed by atoms with Crippen molar-refractivity contribution >= 4 is 5.91 Å². The fourth-order valence-electron chi connectivity index (χ4n) is 1.64. The summed E-state index contributed by atoms with van der Waals surface area (Å²) < 4.78 is 5.56. The Balaban J connectivity index is 2.66. The highest BCUT2D eigenvalue weighted by atomic mass is 16.5. The third-order valence-electron chi connectivity index (χ3n) is 3.05. The molecule has 0 radical (unpaired) electrons. The summed E-state index contributed by atoms with van der Waals surface area (Å²) >= 11 is 0. The topological polar surface area (TPSA) is 78.3 Å². The summed E-state index contributed by atoms with van der Waals surface area (Å²) in [6, 6.07) is 9.10. The number of primary amides is 1. The van der Waals surface area contributed by atoms with Crippen LogP contribution in [0.1, 0.15) is 32.8 Å². The van der Waals surface area contributed by atoms with E-state index in [2.05, 4.69) is 20.8 Å². The number of carbonyl (C=O) groups is 1. The average molecular weight is 264 g/mol. The molecule has 19 heavy (non-hydrogen) atoms. The first kappa shape index (κ1) is 15.7. The zero-order valence-corrected chi connectivity index (χ0v) is 12.0. The minimum Gasteiger partial charge on any atom is -0.379 e. The molecule has 0 aliphatic carbocycles. The van der Waals surface area contributed by atoms with Gasteiger partial charge in [-0.25, -0.2) is 0 Å². The van der Waals surface area contributed by atoms with E-state index < -0.39 is 11.4 Å². The molecule has 0 fully saturated rings. The molecule has 4 N–H and O–H groups in total. The van der Waals surface area contributed by atoms with Crippen LogP contribution in [-0.4, -0.2) is 19.1 Å². The zero-order valence-electron chi connectivity index (χ0n) is 12.0. The van der Waals surface area contributed by atoms with Gasteiger partial charge in [0.2, 0.25) is 5.91 Å². The summed E-state index contributed by atoms with van der Waals surface area (Å²) in [5.41, 5.74) is 11.1. The predicted octanol–water partition coefficient (Wildman–Crippen LogP) is 1.78. The molecule has 0 aromatic heterocycles. The van der Waals surface area contributed by atoms with E-state index in [1.807, 2.05) is 18.2 Å². The van der Waals surface area contributed by atoms with Crippen molar-refractivity contribution in [1.29, 1.82) is 0 Å². The molecule has 0 spiro atoms. The lowest BCUT2D eigenvalue weighted by atomic mass is 9.91. The molecule has 1 unspecified atom stereocenters. The first-order valence-electron chi connectivity index (χ1n) is 6.48. The Kier molecular flexibility index (Phi) is 5.09. The lowest BCUT2D eigenvalue weighted by Crippen LogP contribution is -2.52. The minimum absolute atomic E-state index is 0.0996. The Labute approximate surface area is 115 Å². The van der Waals surface area contributed by atoms with Crippen LogP contribution in [0.15, 0.2) is 30.3 Å². The van der Waals surface area contributed by atoms with Gasteiger partial charge in [-0.15, -0.1) is 0 Å². The molecule has 0 aliphatic heterocycles. The van der Waals surface area contributed by atoms with E-state index in [1.165, 1.54) is 0 Å². The molecule has 0 aliphatic rings. The third-order valence-corrected chi connectivity index (χ3v) is 3.05. The van der Waals surface area contributed by atoms with Crippen molar-refractivity contribution in [2.45, 2.75) is 32.7 Å². The summed E-state index contributed by atoms with van der Waals surface area (Å²) in [7, 11) is 0. The van der Waals surface area contributed by atoms with Crippen molar-refractivity contribution in [3.8, 4) is 0 Å². The number of nitrogens with two attached hydrogens (primary N) is 2. The SMILES string of the molecule is CC(C)(C)CCOCC(N)(C(N)=O)c1ccccc1. The number of hydrogen-bond donors (Lipinski definition) is 2. The Morgan fingerprint density at radius 2 is 1.79 bits per heavy atom. The normalized spacial score (nSPS) is 14.9. The second-order valence-corrected chi connectivity index (χ2v) is 6.06. The maximum Gasteiger partial charge on any atom is 0.244 e. The van der Waals surface area contributed by atoms with Crippen LogP contribution in [0, 0.1) is 5.41 Å². The van der Waals surface area contributed by atoms with Crippen LogP contribution in [0.25, 0.3) is 0 Å². The van der Waals surface area contributed by atoms with Crippen LogP contribution in [0.5, 0.6) is 0 Å². The van der Waals surface area contributed by atoms with E-state index in [0.717, 1.165) is 6.42 Å². The molecule has 0 saturated carbocycles. The lowest BCUT2D eigenvalue weighted by molar-refractivity contribution is -0.126. The molecule has 4 nitrogen and oxygen atoms in total. The second kappa shape index (κ2) is 6.17. The Morgan fingerprint density at radius 1 is 1.21 bits per heavy atom. The zero-order chi connectivity index (χ0) is 14.5. The molecule has 106 valence electrons. The van der Waals surface area contributed by atoms with Crippen LogP contribution in [0.2, 0.25) is 0 Å². The quantitative estimate of drug-likeness (QED) is 0.769. The molecule has 1 amide bonds. The number of hydrogen-bond acceptors (Lipinski definition) is 3. The summed E-state index contributed by atoms with van der Waals surface area (Å²) in [6.07, 6.45) is 0.899. The highest BCUT2D eigenvalue weighted by Gasteiger charge is 2.34. The van der Waals surface area contributed by atoms with Crippen LogP contribution in [0.4, 0.5) is 0 Å². The highest BCUT2D eigenvalue weighted by molar-refractivity contribution is 5.86. The van der Waals surface area contributed by atoms with Gasteiger partial charge >= 0.3 is 0 Å². The van der Waals surface area contributed by atoms with Gasteiger partial charge in [0.15, 0.2) is 0 Å². The molecule has 1 atom stereocenters. The van der Waals surface area contributed by atoms with Gasteiger partial charge in [0.05, 0.1) is 6.61 Å². The van der Waals surface area contributed by atoms with Crippen molar-refractivity contribution in [3.63, 3.8) is 0 Å². The van der Waals surface area contributed by atoms with Crippen molar-refractivity contribution in [2.75, 3.05) is 13.2 Å². The summed E-state index contributed by atoms with van der Waals surface area (Å²) in [6.45, 7) is 7.07. The first-order valence-corrected chi connectivity index (χ1v) is 6.48. The van der Waals surface area contributed by atoms with Gasteiger partial charge in [0, 0.05) is 6.61 Å². The van der Waals surface area contributed by atoms with Crippen LogP contribution < -0.4 is 11.5 Å². The molecule has 1 aromatic carbocycles. The molecule has 0 saturated heterocycles. The molecule has 1 aromatic rings. The molecule has 0 heterocycles. The molecular weight excluding hydrogens is 240 g/mol. The van der Waals surface area contributed by atoms with E-state index >= 15 is 0 Å². The summed E-state index contributed by atoms with van der Waals surface area (Å²) in [5, 5.41) is 0. The second-order valence-electron chi connectivity index (χ2n) is 6.06. The molecule has 4 heteroatoms. The highest BCUT2D eigenvalue weighted by Crippen LogP contribution is 2.21. The van der Waals surface area contributed by atoms with Gasteiger partial charge in [0.1, 0.15) is 5.54 Å². The fourth-order valence-corrected chi connectivity index (χ4v) is 1.64. The number of amides is 1. The van der Waals surface area contributed by atoms with Gasteiger partial charge in [-0.1, -0.05) is 51.1 Å². The molecule has 1 rings (SSSR count). The number of rotatable bonds is 6. The summed E-state index contributed by atoms with van der Waals surface area (Å²) in [5.74, 6) is -0.575. The minimum atomic E-state index is -1.26. The molecule has 0 bridgehead atoms. The first-order chi connectivity index (χ1) is 8.76. The van der Waals surface area contributed by atoms with E-state index in [4.69, 9.17) is 16.2 Å². The standard InChI is InChI=1S/C15H24N2O2/c1-14(2,3)9-10-19-11-15(17,13(16)18)12-7-5-4-6-8-12/h4-8H,9-11,17H2,1-3H3,(H2,16,18). The van der Waals surface area contributed by atoms with E-state index in [9.17, 15) is 4.79 Å². The average Bonchev–Trinajstić information content (AvgIpc) is 2.34. The van der Waals surface area contributed by atoms with Crippen LogP contribution in [-0.2, 0) is 15.1 Å².